The number of thioether (sulfide) groups is 1. The van der Waals surface area contributed by atoms with Gasteiger partial charge in [0.1, 0.15) is 72.2 Å². The van der Waals surface area contributed by atoms with Crippen LogP contribution in [0.1, 0.15) is 113 Å². The normalized spacial score (nSPS) is 15.5. The Kier molecular flexibility index (Phi) is 43.1. The van der Waals surface area contributed by atoms with Gasteiger partial charge in [-0.1, -0.05) is 151 Å². The third-order valence-electron chi connectivity index (χ3n) is 24.2. The number of aliphatic hydroxyl groups excluding tert-OH is 1. The van der Waals surface area contributed by atoms with Crippen molar-refractivity contribution >= 4 is 117 Å². The van der Waals surface area contributed by atoms with Crippen molar-refractivity contribution in [3.63, 3.8) is 0 Å². The van der Waals surface area contributed by atoms with Gasteiger partial charge in [0, 0.05) is 95.7 Å². The largest absolute Gasteiger partial charge is 0.508 e. The van der Waals surface area contributed by atoms with Crippen LogP contribution in [0.2, 0.25) is 0 Å². The van der Waals surface area contributed by atoms with E-state index in [1.165, 1.54) is 74.3 Å². The van der Waals surface area contributed by atoms with E-state index in [0.29, 0.717) is 69.9 Å². The minimum atomic E-state index is -1.88. The summed E-state index contributed by atoms with van der Waals surface area (Å²) in [5.41, 5.74) is 14.7. The van der Waals surface area contributed by atoms with Gasteiger partial charge < -0.3 is 109 Å². The molecule has 0 spiro atoms. The number of benzene rings is 6. The van der Waals surface area contributed by atoms with Gasteiger partial charge in [-0.05, 0) is 127 Å². The summed E-state index contributed by atoms with van der Waals surface area (Å²) >= 11 is 0.659. The topological polar surface area (TPSA) is 546 Å². The first-order valence-corrected chi connectivity index (χ1v) is 47.4. The number of nitrogens with two attached hydrogens (primary N) is 2. The number of primary amides is 1. The fourth-order valence-corrected chi connectivity index (χ4v) is 17.1. The number of aldehydes is 1. The molecule has 8 rings (SSSR count). The van der Waals surface area contributed by atoms with Crippen LogP contribution in [0.15, 0.2) is 152 Å². The van der Waals surface area contributed by atoms with Gasteiger partial charge in [0.05, 0.1) is 55.5 Å². The number of fused-ring (bicyclic) bond motifs is 1. The number of carboxylic acid groups (broad SMARTS) is 1. The molecule has 2 heterocycles. The molecule has 1 aliphatic rings. The van der Waals surface area contributed by atoms with Gasteiger partial charge in [0.15, 0.2) is 23.2 Å². The number of likely N-dealkylation sites (tertiary alicyclic amines) is 1. The number of aliphatic carboxylic acids is 1. The van der Waals surface area contributed by atoms with Crippen LogP contribution in [0.4, 0.5) is 13.2 Å². The molecule has 0 aliphatic carbocycles. The van der Waals surface area contributed by atoms with E-state index < -0.39 is 241 Å². The smallest absolute Gasteiger partial charge is 0.305 e. The van der Waals surface area contributed by atoms with Crippen molar-refractivity contribution in [2.24, 2.45) is 23.3 Å². The van der Waals surface area contributed by atoms with Crippen molar-refractivity contribution in [3.8, 4) is 11.5 Å². The number of hydrogen-bond donors (Lipinski definition) is 16. The Hall–Kier alpha value is -13.6. The van der Waals surface area contributed by atoms with Crippen LogP contribution in [-0.2, 0) is 115 Å². The Labute approximate surface area is 814 Å². The van der Waals surface area contributed by atoms with Crippen LogP contribution >= 0.6 is 11.8 Å². The van der Waals surface area contributed by atoms with Gasteiger partial charge in [-0.15, -0.1) is 11.8 Å². The summed E-state index contributed by atoms with van der Waals surface area (Å²) in [6.45, 7) is 8.50. The van der Waals surface area contributed by atoms with E-state index in [2.05, 4.69) is 52.8 Å². The second-order valence-corrected chi connectivity index (χ2v) is 36.7. The molecule has 1 saturated heterocycles. The predicted octanol–water partition coefficient (Wildman–Crippen LogP) is 2.30. The van der Waals surface area contributed by atoms with Gasteiger partial charge in [-0.3, -0.25) is 77.2 Å². The highest BCUT2D eigenvalue weighted by Crippen LogP contribution is 2.28. The Bertz CT molecular complexity index is 5430. The molecule has 140 heavy (non-hydrogen) atoms. The highest BCUT2D eigenvalue weighted by molar-refractivity contribution is 8.00. The number of hydrogen-bond acceptors (Lipinski definition) is 23. The first kappa shape index (κ1) is 112. The van der Waals surface area contributed by atoms with Crippen LogP contribution in [0, 0.1) is 29.3 Å². The number of carboxylic acids is 1. The molecule has 14 atom stereocenters. The summed E-state index contributed by atoms with van der Waals surface area (Å²) in [5, 5.41) is 65.9. The zero-order chi connectivity index (χ0) is 103. The minimum absolute atomic E-state index is 0.0471. The lowest BCUT2D eigenvalue weighted by molar-refractivity contribution is -0.152. The molecular formula is C99H128F3N17O20S. The van der Waals surface area contributed by atoms with Crippen LogP contribution in [0.25, 0.3) is 10.9 Å². The van der Waals surface area contributed by atoms with E-state index in [1.54, 1.807) is 133 Å². The Morgan fingerprint density at radius 3 is 1.66 bits per heavy atom. The van der Waals surface area contributed by atoms with Crippen LogP contribution in [0.3, 0.4) is 0 Å². The number of para-hydroxylation sites is 1. The number of rotatable bonds is 55. The van der Waals surface area contributed by atoms with Crippen LogP contribution < -0.4 is 59.3 Å². The highest BCUT2D eigenvalue weighted by atomic mass is 32.2. The molecule has 6 aromatic carbocycles. The number of carbonyl (C=O) groups is 16. The molecule has 37 nitrogen and oxygen atoms in total. The first-order chi connectivity index (χ1) is 66.5. The molecule has 13 amide bonds. The van der Waals surface area contributed by atoms with E-state index in [-0.39, 0.29) is 93.7 Å². The second kappa shape index (κ2) is 54.1. The van der Waals surface area contributed by atoms with Gasteiger partial charge in [0.2, 0.25) is 76.8 Å². The predicted molar refractivity (Wildman–Crippen MR) is 515 cm³/mol. The fourth-order valence-electron chi connectivity index (χ4n) is 16.3. The number of nitrogens with zero attached hydrogens (tertiary/aromatic N) is 5. The van der Waals surface area contributed by atoms with Crippen molar-refractivity contribution in [2.75, 3.05) is 72.4 Å². The van der Waals surface area contributed by atoms with E-state index >= 15 is 42.3 Å². The number of aromatic amines is 1. The number of H-pyrrole nitrogens is 1. The third-order valence-corrected chi connectivity index (χ3v) is 25.3. The molecule has 41 heteroatoms. The van der Waals surface area contributed by atoms with E-state index in [1.807, 2.05) is 12.1 Å². The maximum Gasteiger partial charge on any atom is 0.305 e. The minimum Gasteiger partial charge on any atom is -0.508 e. The van der Waals surface area contributed by atoms with Gasteiger partial charge in [-0.2, -0.15) is 0 Å². The van der Waals surface area contributed by atoms with Crippen molar-refractivity contribution in [3.05, 3.63) is 203 Å². The van der Waals surface area contributed by atoms with Gasteiger partial charge in [-0.25, -0.2) is 13.2 Å². The number of nitrogens with one attached hydrogen (secondary N) is 10. The first-order valence-electron chi connectivity index (χ1n) is 46.2. The lowest BCUT2D eigenvalue weighted by Gasteiger charge is -2.37. The standard InChI is InChI=1S/C99H128F3N17O20S/c1-11-12-27-79(98(138)119-52-68(123)48-81(119)94(134)109-65(53-120)47-86(127)128)115(8)97(137)82(45-60-23-17-14-18-24-60)117(10)95(135)77(43-63-39-70(100)87(102)71(101)40-63)110-85(126)55-140-54-78(90(130)108-51-84(103)125)114-91(131)73(38-56(2)3)112-92(132)74(41-61-28-32-66(121)33-29-61)113-93(133)75(46-64-49-106-72-26-20-19-25-69(64)72)111-89(129)58(6)118(37-36-105-7)96(136)76(42-62-30-34-67(122)35-31-62)107-50-83(124)80(44-59-21-15-13-16-22-59)116(9)99(139)88(104)57(4)5/h13-26,28-35,39-40,49,53,56-58,65,68,73-82,88,105-107,121-123H,11-12,27,36-38,41-48,50-52,54-55,104H2,1-10H3,(H2,103,125)(H,108,130)(H,109,134)(H,110,126)(H,111,129)(H,112,132)(H,113,133)(H,114,131)(H,127,128)/t58-,65+,68-,73+,74+,75+,76+,77+,78+,79+,80?,81-,82?,88+/m1/s1. The molecule has 2 unspecified atom stereocenters. The summed E-state index contributed by atoms with van der Waals surface area (Å²) in [7, 11) is 5.55. The lowest BCUT2D eigenvalue weighted by Crippen LogP contribution is -2.61. The number of halogens is 3. The number of carbonyl (C=O) groups excluding carboxylic acids is 15. The van der Waals surface area contributed by atoms with E-state index in [4.69, 9.17) is 11.5 Å². The monoisotopic (exact) mass is 1960 g/mol. The average Bonchev–Trinajstić information content (AvgIpc) is 1.52. The average molecular weight is 1970 g/mol. The molecule has 0 radical (unpaired) electrons. The number of amides is 13. The zero-order valence-electron chi connectivity index (χ0n) is 79.9. The Morgan fingerprint density at radius 1 is 0.579 bits per heavy atom. The maximum atomic E-state index is 15.6. The van der Waals surface area contributed by atoms with Crippen LogP contribution in [0.5, 0.6) is 11.5 Å². The molecule has 0 saturated carbocycles. The molecular weight excluding hydrogens is 1840 g/mol. The van der Waals surface area contributed by atoms with Crippen molar-refractivity contribution in [1.29, 1.82) is 0 Å². The summed E-state index contributed by atoms with van der Waals surface area (Å²) in [4.78, 5) is 238. The number of phenols is 2. The number of β-amino-alcohol motifs (C(OH)–C–C–N with tert-alkyl or cyclic N) is 1. The Morgan fingerprint density at radius 2 is 1.10 bits per heavy atom. The molecule has 18 N–H and O–H groups in total. The lowest BCUT2D eigenvalue weighted by atomic mass is 9.97. The number of aromatic nitrogens is 1. The molecule has 0 bridgehead atoms. The quantitative estimate of drug-likeness (QED) is 0.0192. The summed E-state index contributed by atoms with van der Waals surface area (Å²) in [6.07, 6.45) is -1.72. The third kappa shape index (κ3) is 32.8. The van der Waals surface area contributed by atoms with Gasteiger partial charge in [0.25, 0.3) is 0 Å². The number of unbranched alkanes of at least 4 members (excludes halogenated alkanes) is 1. The number of likely N-dealkylation sites (N-methyl/N-ethyl adjacent to an activating group) is 4. The summed E-state index contributed by atoms with van der Waals surface area (Å²) < 4.78 is 45.0. The fraction of sp³-hybridized carbons (Fsp3) is 0.455. The number of phenolic OH excluding ortho intramolecular Hbond substituents is 2. The van der Waals surface area contributed by atoms with Crippen molar-refractivity contribution in [2.45, 2.75) is 203 Å². The zero-order valence-corrected chi connectivity index (χ0v) is 80.8. The highest BCUT2D eigenvalue weighted by Gasteiger charge is 2.46. The number of ketones is 1. The van der Waals surface area contributed by atoms with E-state index in [0.717, 1.165) is 20.3 Å². The van der Waals surface area contributed by atoms with Gasteiger partial charge >= 0.3 is 5.97 Å². The summed E-state index contributed by atoms with van der Waals surface area (Å²) in [5.74, 6) is -21.3. The molecule has 7 aromatic rings. The van der Waals surface area contributed by atoms with E-state index in [9.17, 15) is 68.0 Å². The number of Topliss-reactive ketones (excluding diaryl/α,β-unsaturated/α-hetero) is 1. The van der Waals surface area contributed by atoms with Crippen molar-refractivity contribution < 1.29 is 110 Å². The van der Waals surface area contributed by atoms with Crippen molar-refractivity contribution in [1.82, 2.24) is 77.3 Å². The summed E-state index contributed by atoms with van der Waals surface area (Å²) in [6, 6.07) is 17.9. The molecule has 1 fully saturated rings. The van der Waals surface area contributed by atoms with Crippen LogP contribution in [-0.4, -0.2) is 302 Å². The number of aliphatic hydroxyl groups is 1. The Balaban J connectivity index is 1.06. The molecule has 1 aliphatic heterocycles. The maximum absolute atomic E-state index is 15.6. The second-order valence-electron chi connectivity index (χ2n) is 35.7. The molecule has 1 aromatic heterocycles. The molecule has 756 valence electrons. The number of aromatic hydroxyl groups is 2. The SMILES string of the molecule is CCCC[C@@H](C(=O)N1C[C@H](O)C[C@@H]1C(=O)N[C@H](C=O)CC(=O)O)N(C)C(=O)C(Cc1ccccc1)N(C)C(=O)[C@H](Cc1cc(F)c(F)c(F)c1)NC(=O)CSC[C@H](NC(=O)[C@H](CC(C)C)NC(=O)[C@H](Cc1ccc(O)cc1)NC(=O)[C@H](Cc1c[nH]c2ccccc12)NC(=O)[C@@H](C)N(CCNC)C(=O)[C@H](Cc1ccc(O)cc1)NCC(=O)C(Cc1ccccc1)N(C)C(=O)[C@@H](N)C(C)C)C(=O)NCC(N)=O.